The smallest absolute Gasteiger partial charge is 0.107 e. The van der Waals surface area contributed by atoms with Gasteiger partial charge in [-0.2, -0.15) is 63.1 Å². The average Bonchev–Trinajstić information content (AvgIpc) is 2.55. The van der Waals surface area contributed by atoms with Crippen LogP contribution in [0.1, 0.15) is 6.92 Å². The second kappa shape index (κ2) is 11.6. The topological polar surface area (TPSA) is 20.2 Å². The predicted octanol–water partition coefficient (Wildman–Crippen LogP) is -0.577. The summed E-state index contributed by atoms with van der Waals surface area (Å²) in [5.41, 5.74) is 0. The molecule has 0 saturated heterocycles. The van der Waals surface area contributed by atoms with Crippen molar-refractivity contribution < 1.29 is 5.11 Å². The van der Waals surface area contributed by atoms with E-state index in [9.17, 15) is 5.11 Å². The fourth-order valence-electron chi connectivity index (χ4n) is 2.49. The van der Waals surface area contributed by atoms with Crippen molar-refractivity contribution in [3.63, 3.8) is 0 Å². The summed E-state index contributed by atoms with van der Waals surface area (Å²) >= 11 is 23.4. The molecule has 0 radical (unpaired) electrons. The van der Waals surface area contributed by atoms with Gasteiger partial charge in [0.15, 0.2) is 0 Å². The van der Waals surface area contributed by atoms with Crippen molar-refractivity contribution in [2.45, 2.75) is 57.8 Å². The lowest BCUT2D eigenvalue weighted by Gasteiger charge is -2.37. The maximum atomic E-state index is 10.4. The highest BCUT2D eigenvalue weighted by Gasteiger charge is 2.36. The minimum atomic E-state index is -0.366. The van der Waals surface area contributed by atoms with Crippen molar-refractivity contribution in [3.05, 3.63) is 0 Å². The van der Waals surface area contributed by atoms with Crippen LogP contribution in [0.4, 0.5) is 0 Å². The molecule has 0 aromatic rings. The molecule has 0 saturated carbocycles. The molecule has 1 N–H and O–H groups in total. The lowest BCUT2D eigenvalue weighted by molar-refractivity contribution is 0.112. The van der Waals surface area contributed by atoms with Crippen LogP contribution < -0.4 is 0 Å². The summed E-state index contributed by atoms with van der Waals surface area (Å²) in [5, 5.41) is 10.5. The Balaban J connectivity index is 4.82. The fraction of sp³-hybridized carbons (Fsp3) is 1.00. The number of aliphatic hydroxyl groups excluding tert-OH is 1. The van der Waals surface area contributed by atoms with Gasteiger partial charge >= 0.3 is 0 Å². The van der Waals surface area contributed by atoms with Crippen LogP contribution >= 0.6 is 63.1 Å². The van der Waals surface area contributed by atoms with Crippen LogP contribution in [0, 0.1) is 5.92 Å². The number of hydrogen-bond acceptors (Lipinski definition) is 6. The van der Waals surface area contributed by atoms with Crippen molar-refractivity contribution in [2.75, 3.05) is 5.75 Å². The summed E-state index contributed by atoms with van der Waals surface area (Å²) in [7, 11) is 8.54. The predicted molar refractivity (Wildman–Crippen MR) is 130 cm³/mol. The van der Waals surface area contributed by atoms with E-state index in [4.69, 9.17) is 50.5 Å². The highest BCUT2D eigenvalue weighted by molar-refractivity contribution is 7.88. The van der Waals surface area contributed by atoms with Crippen molar-refractivity contribution in [3.8, 4) is 0 Å². The maximum Gasteiger partial charge on any atom is 0.107 e. The van der Waals surface area contributed by atoms with Gasteiger partial charge in [0, 0.05) is 21.0 Å². The molecule has 126 valence electrons. The molecule has 9 unspecified atom stereocenters. The van der Waals surface area contributed by atoms with Gasteiger partial charge in [0.2, 0.25) is 0 Å². The molecule has 10 heteroatoms. The molecule has 0 bridgehead atoms. The zero-order chi connectivity index (χ0) is 17.6. The standard InChI is InChI=1S/C12H30B4OS5/c1-4(8(17)5(14)2-13)9(19)11(21)12(22)10(20)7(16)6(15)3-18/h4-12,17-22H,2-3,13-16H2,1H3. The number of thiol groups is 5. The van der Waals surface area contributed by atoms with Gasteiger partial charge < -0.3 is 5.11 Å². The minimum Gasteiger partial charge on any atom is -0.393 e. The van der Waals surface area contributed by atoms with Gasteiger partial charge in [0.05, 0.1) is 6.10 Å². The van der Waals surface area contributed by atoms with Crippen molar-refractivity contribution in [1.82, 2.24) is 0 Å². The van der Waals surface area contributed by atoms with Gasteiger partial charge in [-0.25, -0.2) is 0 Å². The second-order valence-electron chi connectivity index (χ2n) is 6.72. The van der Waals surface area contributed by atoms with E-state index >= 15 is 0 Å². The summed E-state index contributed by atoms with van der Waals surface area (Å²) in [6.45, 7) is 2.05. The monoisotopic (exact) mass is 394 g/mol. The van der Waals surface area contributed by atoms with E-state index in [-0.39, 0.29) is 38.8 Å². The first-order valence-corrected chi connectivity index (χ1v) is 10.8. The Kier molecular flexibility index (Phi) is 12.6. The molecular weight excluding hydrogens is 364 g/mol. The van der Waals surface area contributed by atoms with Gasteiger partial charge in [-0.15, -0.1) is 0 Å². The Hall–Kier alpha value is 1.97. The van der Waals surface area contributed by atoms with E-state index in [0.29, 0.717) is 11.6 Å². The molecule has 0 aliphatic rings. The molecule has 0 spiro atoms. The highest BCUT2D eigenvalue weighted by atomic mass is 32.1. The molecule has 1 nitrogen and oxygen atoms in total. The molecule has 0 fully saturated rings. The SMILES string of the molecule is BCC(B)C(O)C(C)C(S)C(S)C(S)C(S)C(B)C(B)CS. The van der Waals surface area contributed by atoms with E-state index in [1.165, 1.54) is 0 Å². The van der Waals surface area contributed by atoms with Gasteiger partial charge in [-0.1, -0.05) is 30.7 Å². The molecule has 0 aliphatic carbocycles. The lowest BCUT2D eigenvalue weighted by Crippen LogP contribution is -2.42. The third kappa shape index (κ3) is 6.70. The molecule has 0 amide bonds. The number of rotatable bonds is 10. The molecular formula is C12H30B4OS5. The summed E-state index contributed by atoms with van der Waals surface area (Å²) in [6.07, 6.45) is 0.592. The van der Waals surface area contributed by atoms with Crippen molar-refractivity contribution in [1.29, 1.82) is 0 Å². The first-order chi connectivity index (χ1) is 10.1. The van der Waals surface area contributed by atoms with E-state index in [0.717, 1.165) is 12.1 Å². The summed E-state index contributed by atoms with van der Waals surface area (Å²) in [4.78, 5) is 0. The Morgan fingerprint density at radius 2 is 1.32 bits per heavy atom. The minimum absolute atomic E-state index is 0.0121. The van der Waals surface area contributed by atoms with Crippen LogP contribution in [0.3, 0.4) is 0 Å². The molecule has 22 heavy (non-hydrogen) atoms. The van der Waals surface area contributed by atoms with Gasteiger partial charge in [0.25, 0.3) is 0 Å². The zero-order valence-electron chi connectivity index (χ0n) is 14.3. The quantitative estimate of drug-likeness (QED) is 0.217. The number of hydrogen-bond donors (Lipinski definition) is 6. The van der Waals surface area contributed by atoms with Crippen molar-refractivity contribution in [2.24, 2.45) is 5.92 Å². The van der Waals surface area contributed by atoms with Crippen LogP contribution in [0.5, 0.6) is 0 Å². The van der Waals surface area contributed by atoms with Crippen LogP contribution in [-0.2, 0) is 0 Å². The fourth-order valence-corrected chi connectivity index (χ4v) is 4.85. The largest absolute Gasteiger partial charge is 0.393 e. The third-order valence-corrected chi connectivity index (χ3v) is 9.23. The van der Waals surface area contributed by atoms with Gasteiger partial charge in [0.1, 0.15) is 31.4 Å². The Labute approximate surface area is 168 Å². The van der Waals surface area contributed by atoms with E-state index in [1.54, 1.807) is 0 Å². The van der Waals surface area contributed by atoms with Crippen LogP contribution in [0.25, 0.3) is 0 Å². The third-order valence-electron chi connectivity index (χ3n) is 5.08. The molecule has 0 aromatic carbocycles. The Morgan fingerprint density at radius 3 is 1.73 bits per heavy atom. The maximum absolute atomic E-state index is 10.4. The van der Waals surface area contributed by atoms with Gasteiger partial charge in [-0.3, -0.25) is 0 Å². The summed E-state index contributed by atoms with van der Waals surface area (Å²) < 4.78 is 0. The summed E-state index contributed by atoms with van der Waals surface area (Å²) in [5.74, 6) is 2.03. The molecule has 0 heterocycles. The lowest BCUT2D eigenvalue weighted by atomic mass is 9.65. The van der Waals surface area contributed by atoms with E-state index < -0.39 is 0 Å². The molecule has 0 rings (SSSR count). The Morgan fingerprint density at radius 1 is 0.864 bits per heavy atom. The first-order valence-electron chi connectivity index (χ1n) is 8.11. The first kappa shape index (κ1) is 24.0. The molecule has 9 atom stereocenters. The van der Waals surface area contributed by atoms with Crippen LogP contribution in [0.2, 0.25) is 23.8 Å². The zero-order valence-corrected chi connectivity index (χ0v) is 18.8. The second-order valence-corrected chi connectivity index (χ2v) is 9.47. The van der Waals surface area contributed by atoms with E-state index in [2.05, 4.69) is 44.0 Å². The van der Waals surface area contributed by atoms with Crippen LogP contribution in [-0.4, -0.2) is 69.3 Å². The number of aliphatic hydroxyl groups is 1. The van der Waals surface area contributed by atoms with Crippen molar-refractivity contribution >= 4 is 94.5 Å². The highest BCUT2D eigenvalue weighted by Crippen LogP contribution is 2.37. The summed E-state index contributed by atoms with van der Waals surface area (Å²) in [6, 6.07) is 0. The average molecular weight is 394 g/mol. The Bertz CT molecular complexity index is 289. The van der Waals surface area contributed by atoms with E-state index in [1.807, 2.05) is 6.92 Å². The van der Waals surface area contributed by atoms with Gasteiger partial charge in [-0.05, 0) is 11.7 Å². The van der Waals surface area contributed by atoms with Crippen LogP contribution in [0.15, 0.2) is 0 Å². The molecule has 0 aromatic heterocycles. The normalized spacial score (nSPS) is 24.5. The molecule has 0 aliphatic heterocycles.